The second-order valence-corrected chi connectivity index (χ2v) is 4.65. The number of rotatable bonds is 4. The second-order valence-electron chi connectivity index (χ2n) is 4.65. The smallest absolute Gasteiger partial charge is 0.305 e. The lowest BCUT2D eigenvalue weighted by atomic mass is 10.0. The first kappa shape index (κ1) is 11.6. The van der Waals surface area contributed by atoms with E-state index in [-0.39, 0.29) is 13.2 Å². The number of nitrogens with one attached hydrogen (secondary N) is 1. The number of fused-ring (bicyclic) bond motifs is 1. The molecule has 92 valence electrons. The SMILES string of the molecule is CC(C)(CC(=O)O)Nc1ccc2c(c1)OCO2. The van der Waals surface area contributed by atoms with Gasteiger partial charge in [-0.15, -0.1) is 0 Å². The van der Waals surface area contributed by atoms with Crippen LogP contribution < -0.4 is 14.8 Å². The van der Waals surface area contributed by atoms with E-state index < -0.39 is 11.5 Å². The van der Waals surface area contributed by atoms with Crippen molar-refractivity contribution in [3.8, 4) is 11.5 Å². The molecule has 0 saturated carbocycles. The van der Waals surface area contributed by atoms with Gasteiger partial charge in [0, 0.05) is 17.3 Å². The van der Waals surface area contributed by atoms with Crippen molar-refractivity contribution in [2.45, 2.75) is 25.8 Å². The number of anilines is 1. The van der Waals surface area contributed by atoms with Crippen LogP contribution >= 0.6 is 0 Å². The van der Waals surface area contributed by atoms with Gasteiger partial charge >= 0.3 is 5.97 Å². The molecule has 0 fully saturated rings. The Morgan fingerprint density at radius 1 is 1.41 bits per heavy atom. The van der Waals surface area contributed by atoms with E-state index in [9.17, 15) is 4.79 Å². The summed E-state index contributed by atoms with van der Waals surface area (Å²) in [6.45, 7) is 3.91. The molecule has 0 amide bonds. The minimum Gasteiger partial charge on any atom is -0.481 e. The van der Waals surface area contributed by atoms with Gasteiger partial charge < -0.3 is 19.9 Å². The minimum absolute atomic E-state index is 0.0431. The summed E-state index contributed by atoms with van der Waals surface area (Å²) in [6, 6.07) is 5.46. The normalized spacial score (nSPS) is 13.5. The molecule has 0 spiro atoms. The number of carboxylic acid groups (broad SMARTS) is 1. The number of benzene rings is 1. The molecule has 1 aliphatic heterocycles. The zero-order valence-electron chi connectivity index (χ0n) is 9.82. The predicted molar refractivity (Wildman–Crippen MR) is 62.5 cm³/mol. The Balaban J connectivity index is 2.11. The maximum Gasteiger partial charge on any atom is 0.305 e. The fraction of sp³-hybridized carbons (Fsp3) is 0.417. The molecule has 1 aromatic carbocycles. The van der Waals surface area contributed by atoms with Gasteiger partial charge in [-0.3, -0.25) is 4.79 Å². The summed E-state index contributed by atoms with van der Waals surface area (Å²) < 4.78 is 10.5. The van der Waals surface area contributed by atoms with Crippen molar-refractivity contribution in [2.75, 3.05) is 12.1 Å². The first-order valence-corrected chi connectivity index (χ1v) is 5.36. The van der Waals surface area contributed by atoms with Crippen LogP contribution in [0.3, 0.4) is 0 Å². The summed E-state index contributed by atoms with van der Waals surface area (Å²) in [5, 5.41) is 12.0. The third-order valence-electron chi connectivity index (χ3n) is 2.45. The molecule has 5 heteroatoms. The number of hydrogen-bond acceptors (Lipinski definition) is 4. The highest BCUT2D eigenvalue weighted by molar-refractivity contribution is 5.69. The highest BCUT2D eigenvalue weighted by Gasteiger charge is 2.22. The predicted octanol–water partition coefficient (Wildman–Crippen LogP) is 2.08. The van der Waals surface area contributed by atoms with E-state index in [1.165, 1.54) is 0 Å². The highest BCUT2D eigenvalue weighted by atomic mass is 16.7. The van der Waals surface area contributed by atoms with E-state index in [0.29, 0.717) is 11.5 Å². The van der Waals surface area contributed by atoms with E-state index >= 15 is 0 Å². The molecule has 17 heavy (non-hydrogen) atoms. The van der Waals surface area contributed by atoms with Gasteiger partial charge in [-0.2, -0.15) is 0 Å². The molecule has 0 bridgehead atoms. The standard InChI is InChI=1S/C12H15NO4/c1-12(2,6-11(14)15)13-8-3-4-9-10(5-8)17-7-16-9/h3-5,13H,6-7H2,1-2H3,(H,14,15). The lowest BCUT2D eigenvalue weighted by Crippen LogP contribution is -2.33. The summed E-state index contributed by atoms with van der Waals surface area (Å²) in [6.07, 6.45) is 0.0431. The van der Waals surface area contributed by atoms with E-state index in [1.54, 1.807) is 0 Å². The Bertz CT molecular complexity index is 442. The van der Waals surface area contributed by atoms with Crippen molar-refractivity contribution in [2.24, 2.45) is 0 Å². The van der Waals surface area contributed by atoms with E-state index in [2.05, 4.69) is 5.32 Å². The van der Waals surface area contributed by atoms with E-state index in [0.717, 1.165) is 5.69 Å². The summed E-state index contributed by atoms with van der Waals surface area (Å²) in [4.78, 5) is 10.7. The van der Waals surface area contributed by atoms with Gasteiger partial charge in [0.25, 0.3) is 0 Å². The van der Waals surface area contributed by atoms with Crippen LogP contribution in [0.5, 0.6) is 11.5 Å². The Labute approximate surface area is 99.3 Å². The molecule has 0 aromatic heterocycles. The van der Waals surface area contributed by atoms with Crippen LogP contribution in [0.15, 0.2) is 18.2 Å². The lowest BCUT2D eigenvalue weighted by Gasteiger charge is -2.25. The molecule has 1 aromatic rings. The molecule has 1 aliphatic rings. The monoisotopic (exact) mass is 237 g/mol. The number of ether oxygens (including phenoxy) is 2. The van der Waals surface area contributed by atoms with Crippen LogP contribution in [0.1, 0.15) is 20.3 Å². The first-order valence-electron chi connectivity index (χ1n) is 5.36. The first-order chi connectivity index (χ1) is 7.96. The highest BCUT2D eigenvalue weighted by Crippen LogP contribution is 2.35. The number of hydrogen-bond donors (Lipinski definition) is 2. The fourth-order valence-electron chi connectivity index (χ4n) is 1.79. The summed E-state index contributed by atoms with van der Waals surface area (Å²) in [5.74, 6) is 0.566. The van der Waals surface area contributed by atoms with Crippen LogP contribution in [-0.4, -0.2) is 23.4 Å². The van der Waals surface area contributed by atoms with Gasteiger partial charge in [0.05, 0.1) is 6.42 Å². The van der Waals surface area contributed by atoms with Gasteiger partial charge in [0.2, 0.25) is 6.79 Å². The molecule has 0 atom stereocenters. The Hall–Kier alpha value is -1.91. The summed E-state index contributed by atoms with van der Waals surface area (Å²) in [5.41, 5.74) is 0.306. The molecule has 0 saturated heterocycles. The third-order valence-corrected chi connectivity index (χ3v) is 2.45. The Morgan fingerprint density at radius 2 is 2.12 bits per heavy atom. The zero-order chi connectivity index (χ0) is 12.5. The second kappa shape index (κ2) is 4.16. The molecule has 0 unspecified atom stereocenters. The van der Waals surface area contributed by atoms with Crippen molar-refractivity contribution < 1.29 is 19.4 Å². The molecule has 2 N–H and O–H groups in total. The maximum absolute atomic E-state index is 10.7. The molecule has 1 heterocycles. The van der Waals surface area contributed by atoms with Crippen LogP contribution in [0.2, 0.25) is 0 Å². The molecule has 2 rings (SSSR count). The minimum atomic E-state index is -0.830. The van der Waals surface area contributed by atoms with Gasteiger partial charge in [-0.1, -0.05) is 0 Å². The molecular weight excluding hydrogens is 222 g/mol. The van der Waals surface area contributed by atoms with Crippen LogP contribution in [0, 0.1) is 0 Å². The van der Waals surface area contributed by atoms with Crippen molar-refractivity contribution in [1.82, 2.24) is 0 Å². The van der Waals surface area contributed by atoms with E-state index in [1.807, 2.05) is 32.0 Å². The quantitative estimate of drug-likeness (QED) is 0.839. The summed E-state index contributed by atoms with van der Waals surface area (Å²) in [7, 11) is 0. The number of aliphatic carboxylic acids is 1. The van der Waals surface area contributed by atoms with Gasteiger partial charge in [-0.05, 0) is 26.0 Å². The molecule has 5 nitrogen and oxygen atoms in total. The largest absolute Gasteiger partial charge is 0.481 e. The van der Waals surface area contributed by atoms with Gasteiger partial charge in [0.15, 0.2) is 11.5 Å². The average molecular weight is 237 g/mol. The van der Waals surface area contributed by atoms with Gasteiger partial charge in [-0.25, -0.2) is 0 Å². The average Bonchev–Trinajstić information content (AvgIpc) is 2.61. The number of carboxylic acids is 1. The van der Waals surface area contributed by atoms with Crippen LogP contribution in [0.4, 0.5) is 5.69 Å². The van der Waals surface area contributed by atoms with E-state index in [4.69, 9.17) is 14.6 Å². The Morgan fingerprint density at radius 3 is 2.82 bits per heavy atom. The van der Waals surface area contributed by atoms with Crippen molar-refractivity contribution in [3.63, 3.8) is 0 Å². The van der Waals surface area contributed by atoms with Crippen molar-refractivity contribution in [1.29, 1.82) is 0 Å². The van der Waals surface area contributed by atoms with Crippen molar-refractivity contribution >= 4 is 11.7 Å². The third kappa shape index (κ3) is 2.81. The van der Waals surface area contributed by atoms with Crippen molar-refractivity contribution in [3.05, 3.63) is 18.2 Å². The maximum atomic E-state index is 10.7. The summed E-state index contributed by atoms with van der Waals surface area (Å²) >= 11 is 0. The topological polar surface area (TPSA) is 67.8 Å². The fourth-order valence-corrected chi connectivity index (χ4v) is 1.79. The number of carbonyl (C=O) groups is 1. The van der Waals surface area contributed by atoms with Crippen LogP contribution in [-0.2, 0) is 4.79 Å². The zero-order valence-corrected chi connectivity index (χ0v) is 9.82. The molecule has 0 radical (unpaired) electrons. The molecule has 0 aliphatic carbocycles. The van der Waals surface area contributed by atoms with Gasteiger partial charge in [0.1, 0.15) is 0 Å². The lowest BCUT2D eigenvalue weighted by molar-refractivity contribution is -0.137. The Kier molecular flexibility index (Phi) is 2.83. The van der Waals surface area contributed by atoms with Crippen LogP contribution in [0.25, 0.3) is 0 Å². The molecular formula is C12H15NO4.